The van der Waals surface area contributed by atoms with E-state index in [4.69, 9.17) is 13.6 Å². The lowest BCUT2D eigenvalue weighted by atomic mass is 10.2. The smallest absolute Gasteiger partial charge is 0.404 e. The molecule has 6 heteroatoms. The Hall–Kier alpha value is -0.870. The van der Waals surface area contributed by atoms with Crippen LogP contribution in [0.2, 0.25) is 0 Å². The molecule has 0 aromatic heterocycles. The van der Waals surface area contributed by atoms with Crippen molar-refractivity contribution in [2.75, 3.05) is 13.2 Å². The van der Waals surface area contributed by atoms with Crippen LogP contribution >= 0.6 is 23.8 Å². The fourth-order valence-corrected chi connectivity index (χ4v) is 2.66. The number of halogens is 1. The fourth-order valence-electron chi connectivity index (χ4n) is 1.15. The van der Waals surface area contributed by atoms with E-state index < -0.39 is 7.82 Å². The minimum absolute atomic E-state index is 0.0773. The highest BCUT2D eigenvalue weighted by atomic mass is 79.9. The van der Waals surface area contributed by atoms with Crippen molar-refractivity contribution in [1.29, 1.82) is 0 Å². The predicted octanol–water partition coefficient (Wildman–Crippen LogP) is 4.47. The number of rotatable bonds is 9. The molecule has 0 saturated carbocycles. The lowest BCUT2D eigenvalue weighted by Crippen LogP contribution is -2.03. The molecule has 4 nitrogen and oxygen atoms in total. The summed E-state index contributed by atoms with van der Waals surface area (Å²) in [6.45, 7) is 7.14. The first-order chi connectivity index (χ1) is 9.13. The van der Waals surface area contributed by atoms with Crippen LogP contribution in [0.5, 0.6) is 5.75 Å². The maximum absolute atomic E-state index is 12.3. The molecule has 0 unspecified atom stereocenters. The normalized spacial score (nSPS) is 11.0. The molecule has 0 heterocycles. The Morgan fingerprint density at radius 2 is 1.63 bits per heavy atom. The van der Waals surface area contributed by atoms with E-state index in [9.17, 15) is 4.57 Å². The average Bonchev–Trinajstić information content (AvgIpc) is 2.44. The number of hydrogen-bond donors (Lipinski definition) is 0. The number of phosphoric ester groups is 1. The second-order valence-electron chi connectivity index (χ2n) is 3.48. The van der Waals surface area contributed by atoms with E-state index in [1.54, 1.807) is 12.1 Å². The summed E-state index contributed by atoms with van der Waals surface area (Å²) in [6, 6.07) is 7.13. The van der Waals surface area contributed by atoms with Gasteiger partial charge in [0.1, 0.15) is 5.75 Å². The van der Waals surface area contributed by atoms with Gasteiger partial charge in [-0.2, -0.15) is 0 Å². The Labute approximate surface area is 121 Å². The molecule has 0 spiro atoms. The summed E-state index contributed by atoms with van der Waals surface area (Å²) >= 11 is 3.34. The van der Waals surface area contributed by atoms with E-state index in [0.717, 1.165) is 10.9 Å². The second-order valence-corrected chi connectivity index (χ2v) is 5.64. The van der Waals surface area contributed by atoms with Crippen LogP contribution in [0.4, 0.5) is 0 Å². The van der Waals surface area contributed by atoms with E-state index >= 15 is 0 Å². The topological polar surface area (TPSA) is 44.8 Å². The molecule has 0 aliphatic rings. The Bertz CT molecular complexity index is 442. The maximum atomic E-state index is 12.3. The zero-order valence-corrected chi connectivity index (χ0v) is 12.9. The number of hydrogen-bond acceptors (Lipinski definition) is 4. The highest BCUT2D eigenvalue weighted by molar-refractivity contribution is 9.08. The molecule has 0 bridgehead atoms. The minimum Gasteiger partial charge on any atom is -0.404 e. The Balaban J connectivity index is 2.76. The first kappa shape index (κ1) is 16.2. The SMILES string of the molecule is C=CCOP(=O)(OCC=C)Oc1ccc(CBr)cc1. The summed E-state index contributed by atoms with van der Waals surface area (Å²) in [7, 11) is -3.65. The zero-order valence-electron chi connectivity index (χ0n) is 10.5. The van der Waals surface area contributed by atoms with Gasteiger partial charge in [-0.1, -0.05) is 40.2 Å². The van der Waals surface area contributed by atoms with Crippen molar-refractivity contribution in [3.8, 4) is 5.75 Å². The van der Waals surface area contributed by atoms with Crippen LogP contribution < -0.4 is 4.52 Å². The van der Waals surface area contributed by atoms with Crippen molar-refractivity contribution in [3.63, 3.8) is 0 Å². The second kappa shape index (κ2) is 8.33. The number of phosphoric acid groups is 1. The molecule has 0 aliphatic heterocycles. The third-order valence-electron chi connectivity index (χ3n) is 2.00. The van der Waals surface area contributed by atoms with Crippen LogP contribution in [0, 0.1) is 0 Å². The van der Waals surface area contributed by atoms with Gasteiger partial charge in [0.2, 0.25) is 0 Å². The molecule has 1 aromatic rings. The molecular formula is C13H16BrO4P. The molecule has 1 rings (SSSR count). The lowest BCUT2D eigenvalue weighted by Gasteiger charge is -2.17. The molecule has 0 atom stereocenters. The van der Waals surface area contributed by atoms with Crippen LogP contribution in [0.25, 0.3) is 0 Å². The molecule has 0 amide bonds. The quantitative estimate of drug-likeness (QED) is 0.376. The van der Waals surface area contributed by atoms with Gasteiger partial charge in [-0.25, -0.2) is 4.57 Å². The Kier molecular flexibility index (Phi) is 7.10. The van der Waals surface area contributed by atoms with Crippen LogP contribution in [0.15, 0.2) is 49.6 Å². The minimum atomic E-state index is -3.65. The van der Waals surface area contributed by atoms with Crippen molar-refractivity contribution in [2.45, 2.75) is 5.33 Å². The molecule has 0 aliphatic carbocycles. The van der Waals surface area contributed by atoms with Crippen molar-refractivity contribution < 1.29 is 18.1 Å². The molecule has 1 aromatic carbocycles. The molecule has 0 radical (unpaired) electrons. The molecule has 0 saturated heterocycles. The largest absolute Gasteiger partial charge is 0.530 e. The van der Waals surface area contributed by atoms with E-state index in [2.05, 4.69) is 29.1 Å². The monoisotopic (exact) mass is 346 g/mol. The lowest BCUT2D eigenvalue weighted by molar-refractivity contribution is 0.180. The summed E-state index contributed by atoms with van der Waals surface area (Å²) in [5.74, 6) is 0.418. The molecule has 0 fully saturated rings. The van der Waals surface area contributed by atoms with Crippen LogP contribution in [-0.4, -0.2) is 13.2 Å². The molecular weight excluding hydrogens is 331 g/mol. The third kappa shape index (κ3) is 5.74. The fraction of sp³-hybridized carbons (Fsp3) is 0.231. The van der Waals surface area contributed by atoms with Crippen molar-refractivity contribution >= 4 is 23.8 Å². The Morgan fingerprint density at radius 3 is 2.05 bits per heavy atom. The summed E-state index contributed by atoms with van der Waals surface area (Å²) in [6.07, 6.45) is 2.95. The molecule has 19 heavy (non-hydrogen) atoms. The van der Waals surface area contributed by atoms with E-state index in [-0.39, 0.29) is 13.2 Å². The molecule has 104 valence electrons. The van der Waals surface area contributed by atoms with Crippen LogP contribution in [0.1, 0.15) is 5.56 Å². The predicted molar refractivity (Wildman–Crippen MR) is 79.6 cm³/mol. The van der Waals surface area contributed by atoms with Gasteiger partial charge in [0.15, 0.2) is 0 Å². The Morgan fingerprint density at radius 1 is 1.11 bits per heavy atom. The summed E-state index contributed by atoms with van der Waals surface area (Å²) in [5, 5.41) is 0.741. The maximum Gasteiger partial charge on any atom is 0.530 e. The van der Waals surface area contributed by atoms with Crippen molar-refractivity contribution in [1.82, 2.24) is 0 Å². The average molecular weight is 347 g/mol. The summed E-state index contributed by atoms with van der Waals surface area (Å²) < 4.78 is 27.7. The van der Waals surface area contributed by atoms with Crippen molar-refractivity contribution in [3.05, 3.63) is 55.1 Å². The van der Waals surface area contributed by atoms with Gasteiger partial charge in [-0.05, 0) is 17.7 Å². The van der Waals surface area contributed by atoms with Crippen molar-refractivity contribution in [2.24, 2.45) is 0 Å². The van der Waals surface area contributed by atoms with E-state index in [0.29, 0.717) is 5.75 Å². The first-order valence-corrected chi connectivity index (χ1v) is 8.17. The standard InChI is InChI=1S/C13H16BrO4P/c1-3-9-16-19(15,17-10-4-2)18-13-7-5-12(11-14)6-8-13/h3-8H,1-2,9-11H2. The van der Waals surface area contributed by atoms with Gasteiger partial charge in [0, 0.05) is 5.33 Å². The van der Waals surface area contributed by atoms with E-state index in [1.165, 1.54) is 12.2 Å². The zero-order chi connectivity index (χ0) is 14.1. The third-order valence-corrected chi connectivity index (χ3v) is 4.01. The van der Waals surface area contributed by atoms with Gasteiger partial charge in [0.05, 0.1) is 13.2 Å². The van der Waals surface area contributed by atoms with E-state index in [1.807, 2.05) is 12.1 Å². The molecule has 0 N–H and O–H groups in total. The van der Waals surface area contributed by atoms with Gasteiger partial charge >= 0.3 is 7.82 Å². The summed E-state index contributed by atoms with van der Waals surface area (Å²) in [4.78, 5) is 0. The van der Waals surface area contributed by atoms with Crippen LogP contribution in [-0.2, 0) is 18.9 Å². The summed E-state index contributed by atoms with van der Waals surface area (Å²) in [5.41, 5.74) is 1.08. The van der Waals surface area contributed by atoms with Crippen LogP contribution in [0.3, 0.4) is 0 Å². The number of benzene rings is 1. The first-order valence-electron chi connectivity index (χ1n) is 5.59. The van der Waals surface area contributed by atoms with Gasteiger partial charge in [0.25, 0.3) is 0 Å². The van der Waals surface area contributed by atoms with Gasteiger partial charge < -0.3 is 4.52 Å². The number of alkyl halides is 1. The van der Waals surface area contributed by atoms with Gasteiger partial charge in [-0.3, -0.25) is 9.05 Å². The highest BCUT2D eigenvalue weighted by Crippen LogP contribution is 2.49. The highest BCUT2D eigenvalue weighted by Gasteiger charge is 2.27. The van der Waals surface area contributed by atoms with Gasteiger partial charge in [-0.15, -0.1) is 13.2 Å².